The van der Waals surface area contributed by atoms with Gasteiger partial charge < -0.3 is 4.74 Å². The highest BCUT2D eigenvalue weighted by molar-refractivity contribution is 9.10. The van der Waals surface area contributed by atoms with Crippen molar-refractivity contribution >= 4 is 44.9 Å². The molecule has 104 valence electrons. The summed E-state index contributed by atoms with van der Waals surface area (Å²) >= 11 is 15.4. The molecule has 0 aliphatic heterocycles. The number of hydrogen-bond donors (Lipinski definition) is 0. The summed E-state index contributed by atoms with van der Waals surface area (Å²) in [6, 6.07) is 10.4. The van der Waals surface area contributed by atoms with Crippen LogP contribution in [0, 0.1) is 0 Å². The minimum Gasteiger partial charge on any atom is -0.496 e. The van der Waals surface area contributed by atoms with Gasteiger partial charge in [0.15, 0.2) is 5.78 Å². The number of ether oxygens (including phenoxy) is 1. The molecular weight excluding hydrogens is 363 g/mol. The van der Waals surface area contributed by atoms with Gasteiger partial charge in [-0.2, -0.15) is 0 Å². The summed E-state index contributed by atoms with van der Waals surface area (Å²) < 4.78 is 6.05. The SMILES string of the molecule is COc1ccc(Cl)cc1CC(=O)c1cc(Br)ccc1Cl. The topological polar surface area (TPSA) is 26.3 Å². The molecule has 20 heavy (non-hydrogen) atoms. The Kier molecular flexibility index (Phi) is 5.08. The van der Waals surface area contributed by atoms with E-state index in [1.807, 2.05) is 0 Å². The maximum absolute atomic E-state index is 12.4. The zero-order valence-electron chi connectivity index (χ0n) is 10.6. The van der Waals surface area contributed by atoms with Crippen molar-refractivity contribution < 1.29 is 9.53 Å². The van der Waals surface area contributed by atoms with Gasteiger partial charge in [-0.1, -0.05) is 39.1 Å². The van der Waals surface area contributed by atoms with Gasteiger partial charge in [0.1, 0.15) is 5.75 Å². The summed E-state index contributed by atoms with van der Waals surface area (Å²) in [7, 11) is 1.56. The van der Waals surface area contributed by atoms with E-state index in [2.05, 4.69) is 15.9 Å². The molecule has 0 fully saturated rings. The lowest BCUT2D eigenvalue weighted by Crippen LogP contribution is -2.06. The number of Topliss-reactive ketones (excluding diaryl/α,β-unsaturated/α-hetero) is 1. The van der Waals surface area contributed by atoms with Gasteiger partial charge in [0, 0.05) is 27.0 Å². The van der Waals surface area contributed by atoms with Crippen LogP contribution in [0.15, 0.2) is 40.9 Å². The monoisotopic (exact) mass is 372 g/mol. The lowest BCUT2D eigenvalue weighted by molar-refractivity contribution is 0.0992. The number of ketones is 1. The highest BCUT2D eigenvalue weighted by Crippen LogP contribution is 2.27. The van der Waals surface area contributed by atoms with Crippen LogP contribution in [-0.2, 0) is 6.42 Å². The van der Waals surface area contributed by atoms with Crippen LogP contribution in [0.2, 0.25) is 10.0 Å². The molecule has 0 spiro atoms. The largest absolute Gasteiger partial charge is 0.496 e. The van der Waals surface area contributed by atoms with Crippen molar-refractivity contribution in [2.24, 2.45) is 0 Å². The summed E-state index contributed by atoms with van der Waals surface area (Å²) in [6.45, 7) is 0. The standard InChI is InChI=1S/C15H11BrCl2O2/c1-20-15-5-3-11(17)6-9(15)7-14(19)12-8-10(16)2-4-13(12)18/h2-6,8H,7H2,1H3. The van der Waals surface area contributed by atoms with Crippen molar-refractivity contribution in [2.75, 3.05) is 7.11 Å². The summed E-state index contributed by atoms with van der Waals surface area (Å²) in [5.74, 6) is 0.547. The molecule has 0 N–H and O–H groups in total. The Morgan fingerprint density at radius 3 is 2.65 bits per heavy atom. The maximum Gasteiger partial charge on any atom is 0.168 e. The van der Waals surface area contributed by atoms with Gasteiger partial charge >= 0.3 is 0 Å². The van der Waals surface area contributed by atoms with Gasteiger partial charge in [-0.3, -0.25) is 4.79 Å². The quantitative estimate of drug-likeness (QED) is 0.689. The van der Waals surface area contributed by atoms with Crippen LogP contribution in [0.5, 0.6) is 5.75 Å². The fourth-order valence-corrected chi connectivity index (χ4v) is 2.64. The molecule has 0 saturated heterocycles. The summed E-state index contributed by atoms with van der Waals surface area (Å²) in [5, 5.41) is 0.994. The molecule has 2 nitrogen and oxygen atoms in total. The molecule has 0 unspecified atom stereocenters. The number of methoxy groups -OCH3 is 1. The van der Waals surface area contributed by atoms with Crippen LogP contribution in [-0.4, -0.2) is 12.9 Å². The van der Waals surface area contributed by atoms with Crippen LogP contribution in [0.4, 0.5) is 0 Å². The molecule has 0 atom stereocenters. The molecule has 2 rings (SSSR count). The van der Waals surface area contributed by atoms with E-state index in [9.17, 15) is 4.79 Å². The number of halogens is 3. The van der Waals surface area contributed by atoms with Gasteiger partial charge in [-0.05, 0) is 36.4 Å². The van der Waals surface area contributed by atoms with Crippen LogP contribution in [0.1, 0.15) is 15.9 Å². The molecular formula is C15H11BrCl2O2. The van der Waals surface area contributed by atoms with Crippen molar-refractivity contribution in [2.45, 2.75) is 6.42 Å². The van der Waals surface area contributed by atoms with Gasteiger partial charge in [0.05, 0.1) is 12.1 Å². The predicted octanol–water partition coefficient (Wildman–Crippen LogP) is 5.19. The third-order valence-electron chi connectivity index (χ3n) is 2.82. The first-order valence-electron chi connectivity index (χ1n) is 5.82. The van der Waals surface area contributed by atoms with Crippen molar-refractivity contribution in [1.29, 1.82) is 0 Å². The van der Waals surface area contributed by atoms with Crippen molar-refractivity contribution in [3.63, 3.8) is 0 Å². The Bertz CT molecular complexity index is 656. The summed E-state index contributed by atoms with van der Waals surface area (Å²) in [4.78, 5) is 12.4. The molecule has 2 aromatic carbocycles. The van der Waals surface area contributed by atoms with Crippen LogP contribution < -0.4 is 4.74 Å². The fraction of sp³-hybridized carbons (Fsp3) is 0.133. The van der Waals surface area contributed by atoms with E-state index in [-0.39, 0.29) is 12.2 Å². The molecule has 0 heterocycles. The van der Waals surface area contributed by atoms with E-state index >= 15 is 0 Å². The minimum absolute atomic E-state index is 0.0862. The molecule has 0 bridgehead atoms. The number of carbonyl (C=O) groups excluding carboxylic acids is 1. The van der Waals surface area contributed by atoms with Crippen molar-refractivity contribution in [3.05, 3.63) is 62.0 Å². The van der Waals surface area contributed by atoms with Gasteiger partial charge in [0.2, 0.25) is 0 Å². The Morgan fingerprint density at radius 1 is 1.20 bits per heavy atom. The Hall–Kier alpha value is -1.03. The average molecular weight is 374 g/mol. The highest BCUT2D eigenvalue weighted by atomic mass is 79.9. The number of rotatable bonds is 4. The zero-order chi connectivity index (χ0) is 14.7. The Balaban J connectivity index is 2.32. The third kappa shape index (κ3) is 3.54. The van der Waals surface area contributed by atoms with E-state index in [1.165, 1.54) is 0 Å². The second kappa shape index (κ2) is 6.61. The predicted molar refractivity (Wildman–Crippen MR) is 85.2 cm³/mol. The lowest BCUT2D eigenvalue weighted by Gasteiger charge is -2.09. The second-order valence-electron chi connectivity index (χ2n) is 4.18. The molecule has 0 radical (unpaired) electrons. The molecule has 0 aliphatic carbocycles. The molecule has 0 saturated carbocycles. The smallest absolute Gasteiger partial charge is 0.168 e. The average Bonchev–Trinajstić information content (AvgIpc) is 2.41. The second-order valence-corrected chi connectivity index (χ2v) is 5.94. The van der Waals surface area contributed by atoms with Crippen LogP contribution >= 0.6 is 39.1 Å². The minimum atomic E-state index is -0.0862. The Labute approximate surface area is 135 Å². The Morgan fingerprint density at radius 2 is 1.95 bits per heavy atom. The van der Waals surface area contributed by atoms with E-state index in [4.69, 9.17) is 27.9 Å². The molecule has 0 amide bonds. The molecule has 5 heteroatoms. The fourth-order valence-electron chi connectivity index (χ4n) is 1.86. The van der Waals surface area contributed by atoms with Crippen LogP contribution in [0.25, 0.3) is 0 Å². The van der Waals surface area contributed by atoms with Crippen molar-refractivity contribution in [1.82, 2.24) is 0 Å². The molecule has 2 aromatic rings. The first-order chi connectivity index (χ1) is 9.51. The zero-order valence-corrected chi connectivity index (χ0v) is 13.7. The van der Waals surface area contributed by atoms with Gasteiger partial charge in [0.25, 0.3) is 0 Å². The van der Waals surface area contributed by atoms with E-state index < -0.39 is 0 Å². The number of carbonyl (C=O) groups is 1. The lowest BCUT2D eigenvalue weighted by atomic mass is 10.0. The van der Waals surface area contributed by atoms with Crippen molar-refractivity contribution in [3.8, 4) is 5.75 Å². The van der Waals surface area contributed by atoms with Gasteiger partial charge in [-0.25, -0.2) is 0 Å². The van der Waals surface area contributed by atoms with Crippen LogP contribution in [0.3, 0.4) is 0 Å². The normalized spacial score (nSPS) is 10.4. The first-order valence-corrected chi connectivity index (χ1v) is 7.37. The van der Waals surface area contributed by atoms with E-state index in [1.54, 1.807) is 43.5 Å². The highest BCUT2D eigenvalue weighted by Gasteiger charge is 2.14. The number of hydrogen-bond acceptors (Lipinski definition) is 2. The van der Waals surface area contributed by atoms with E-state index in [0.717, 1.165) is 10.0 Å². The van der Waals surface area contributed by atoms with E-state index in [0.29, 0.717) is 21.4 Å². The maximum atomic E-state index is 12.4. The third-order valence-corrected chi connectivity index (χ3v) is 3.88. The number of benzene rings is 2. The van der Waals surface area contributed by atoms with Gasteiger partial charge in [-0.15, -0.1) is 0 Å². The molecule has 0 aromatic heterocycles. The summed E-state index contributed by atoms with van der Waals surface area (Å²) in [6.07, 6.45) is 0.180. The summed E-state index contributed by atoms with van der Waals surface area (Å²) in [5.41, 5.74) is 1.21. The first kappa shape index (κ1) is 15.4. The molecule has 0 aliphatic rings.